The molecule has 0 aliphatic carbocycles. The van der Waals surface area contributed by atoms with E-state index in [0.717, 1.165) is 0 Å². The van der Waals surface area contributed by atoms with E-state index in [0.29, 0.717) is 0 Å². The first-order valence-electron chi connectivity index (χ1n) is 0. The molecule has 0 spiro atoms. The van der Waals surface area contributed by atoms with Crippen molar-refractivity contribution < 1.29 is 87.2 Å². The first-order chi connectivity index (χ1) is 0. The van der Waals surface area contributed by atoms with Crippen LogP contribution in [0.5, 0.6) is 0 Å². The van der Waals surface area contributed by atoms with Crippen LogP contribution in [-0.2, 0) is 87.2 Å². The van der Waals surface area contributed by atoms with E-state index in [-0.39, 0.29) is 95.6 Å². The van der Waals surface area contributed by atoms with Gasteiger partial charge in [0.2, 0.25) is 0 Å². The Labute approximate surface area is 94.4 Å². The van der Waals surface area contributed by atoms with Crippen molar-refractivity contribution in [2.75, 3.05) is 0 Å². The number of hydrogen-bond acceptors (Lipinski definition) is 0. The van der Waals surface area contributed by atoms with Crippen LogP contribution in [0.15, 0.2) is 0 Å². The summed E-state index contributed by atoms with van der Waals surface area (Å²) in [6.07, 6.45) is 0. The van der Waals surface area contributed by atoms with Crippen molar-refractivity contribution in [2.45, 2.75) is 0 Å². The maximum atomic E-state index is 0. The van der Waals surface area contributed by atoms with Crippen molar-refractivity contribution in [1.29, 1.82) is 0 Å². The van der Waals surface area contributed by atoms with E-state index in [4.69, 9.17) is 0 Å². The monoisotopic (exact) mass is 343 g/mol. The van der Waals surface area contributed by atoms with Crippen LogP contribution < -0.4 is 0 Å². The van der Waals surface area contributed by atoms with Crippen LogP contribution in [0.4, 0.5) is 0 Å². The second-order valence-corrected chi connectivity index (χ2v) is 0. The first-order valence-corrected chi connectivity index (χ1v) is 0. The Morgan fingerprint density at radius 2 is 0.667 bits per heavy atom. The van der Waals surface area contributed by atoms with Gasteiger partial charge in [-0.15, -0.1) is 0 Å². The maximum absolute atomic E-state index is 0. The van der Waals surface area contributed by atoms with Gasteiger partial charge in [0.05, 0.1) is 0 Å². The molecule has 0 N–H and O–H groups in total. The molecule has 6 heteroatoms. The predicted octanol–water partition coefficient (Wildman–Crippen LogP) is -0.393. The SMILES string of the molecule is [B].[Co].[Co].[Fe].[Fe].[Ru]. The third-order valence-electron chi connectivity index (χ3n) is 0. The van der Waals surface area contributed by atoms with Crippen molar-refractivity contribution >= 4 is 8.41 Å². The molecule has 0 nitrogen and oxygen atoms in total. The van der Waals surface area contributed by atoms with Gasteiger partial charge in [0.1, 0.15) is 0 Å². The Kier molecular flexibility index (Phi) is 544. The molecule has 0 aliphatic rings. The molecule has 0 saturated heterocycles. The molecule has 0 bridgehead atoms. The zero-order chi connectivity index (χ0) is 0. The Balaban J connectivity index is 0. The van der Waals surface area contributed by atoms with E-state index in [1.54, 1.807) is 0 Å². The quantitative estimate of drug-likeness (QED) is 0.527. The van der Waals surface area contributed by atoms with E-state index in [2.05, 4.69) is 0 Å². The van der Waals surface area contributed by atoms with Gasteiger partial charge in [-0.3, -0.25) is 0 Å². The molecule has 0 amide bonds. The van der Waals surface area contributed by atoms with Crippen LogP contribution in [0.25, 0.3) is 0 Å². The van der Waals surface area contributed by atoms with E-state index < -0.39 is 0 Å². The number of rotatable bonds is 0. The zero-order valence-corrected chi connectivity index (χ0v) is 8.33. The van der Waals surface area contributed by atoms with Crippen molar-refractivity contribution in [3.05, 3.63) is 0 Å². The van der Waals surface area contributed by atoms with Crippen molar-refractivity contribution in [3.8, 4) is 0 Å². The molecule has 0 fully saturated rings. The van der Waals surface area contributed by atoms with E-state index in [1.165, 1.54) is 0 Å². The minimum absolute atomic E-state index is 0. The topological polar surface area (TPSA) is 0 Å². The van der Waals surface area contributed by atoms with Gasteiger partial charge < -0.3 is 0 Å². The molecular weight excluding hydrogens is 341 g/mol. The summed E-state index contributed by atoms with van der Waals surface area (Å²) in [7, 11) is 0. The van der Waals surface area contributed by atoms with Crippen molar-refractivity contribution in [1.82, 2.24) is 0 Å². The summed E-state index contributed by atoms with van der Waals surface area (Å²) in [5.74, 6) is 0. The van der Waals surface area contributed by atoms with Gasteiger partial charge >= 0.3 is 0 Å². The minimum atomic E-state index is 0. The average molecular weight is 341 g/mol. The summed E-state index contributed by atoms with van der Waals surface area (Å²) in [5.41, 5.74) is 0. The van der Waals surface area contributed by atoms with Crippen molar-refractivity contribution in [2.24, 2.45) is 0 Å². The molecule has 45 valence electrons. The normalized spacial score (nSPS) is 0. The van der Waals surface area contributed by atoms with Gasteiger partial charge in [0.25, 0.3) is 0 Å². The van der Waals surface area contributed by atoms with E-state index in [1.807, 2.05) is 0 Å². The molecule has 5 radical (unpaired) electrons. The summed E-state index contributed by atoms with van der Waals surface area (Å²) in [4.78, 5) is 0. The van der Waals surface area contributed by atoms with E-state index >= 15 is 0 Å². The molecule has 0 atom stereocenters. The molecule has 0 saturated carbocycles. The second kappa shape index (κ2) is 46.8. The largest absolute Gasteiger partial charge is 0 e. The van der Waals surface area contributed by atoms with Crippen LogP contribution in [-0.4, -0.2) is 8.41 Å². The first kappa shape index (κ1) is 69.7. The molecular formula is BCo2Fe2Ru. The third kappa shape index (κ3) is 29.6. The molecule has 0 aromatic rings. The third-order valence-corrected chi connectivity index (χ3v) is 0. The number of hydrogen-bond donors (Lipinski definition) is 0. The molecule has 6 heavy (non-hydrogen) atoms. The van der Waals surface area contributed by atoms with Crippen LogP contribution >= 0.6 is 0 Å². The van der Waals surface area contributed by atoms with Gasteiger partial charge in [0.15, 0.2) is 0 Å². The summed E-state index contributed by atoms with van der Waals surface area (Å²) in [6, 6.07) is 0. The van der Waals surface area contributed by atoms with Crippen LogP contribution in [0, 0.1) is 0 Å². The molecule has 0 aromatic carbocycles. The smallest absolute Gasteiger partial charge is 0 e. The van der Waals surface area contributed by atoms with Gasteiger partial charge in [-0.25, -0.2) is 0 Å². The van der Waals surface area contributed by atoms with Crippen molar-refractivity contribution in [3.63, 3.8) is 0 Å². The summed E-state index contributed by atoms with van der Waals surface area (Å²) < 4.78 is 0. The average Bonchev–Trinajstić information content (AvgIpc) is 0. The van der Waals surface area contributed by atoms with Gasteiger partial charge in [-0.05, 0) is 0 Å². The van der Waals surface area contributed by atoms with Gasteiger partial charge in [-0.1, -0.05) is 0 Å². The second-order valence-electron chi connectivity index (χ2n) is 0. The Hall–Kier alpha value is 2.74. The standard InChI is InChI=1S/B.2Co.2Fe.Ru. The van der Waals surface area contributed by atoms with Crippen LogP contribution in [0.3, 0.4) is 0 Å². The maximum Gasteiger partial charge on any atom is 0 e. The summed E-state index contributed by atoms with van der Waals surface area (Å²) >= 11 is 0. The van der Waals surface area contributed by atoms with Crippen LogP contribution in [0.1, 0.15) is 0 Å². The van der Waals surface area contributed by atoms with E-state index in [9.17, 15) is 0 Å². The fourth-order valence-electron chi connectivity index (χ4n) is 0. The Bertz CT molecular complexity index is 11.5. The van der Waals surface area contributed by atoms with Crippen LogP contribution in [0.2, 0.25) is 0 Å². The summed E-state index contributed by atoms with van der Waals surface area (Å²) in [6.45, 7) is 0. The molecule has 0 aliphatic heterocycles. The Morgan fingerprint density at radius 1 is 0.667 bits per heavy atom. The predicted molar refractivity (Wildman–Crippen MR) is 5.75 cm³/mol. The molecule has 0 heterocycles. The molecule has 0 rings (SSSR count). The fraction of sp³-hybridized carbons (Fsp3) is 0. The summed E-state index contributed by atoms with van der Waals surface area (Å²) in [5, 5.41) is 0. The molecule has 0 aromatic heterocycles. The van der Waals surface area contributed by atoms with Gasteiger partial charge in [-0.2, -0.15) is 0 Å². The Morgan fingerprint density at radius 3 is 0.667 bits per heavy atom. The fourth-order valence-corrected chi connectivity index (χ4v) is 0. The zero-order valence-electron chi connectivity index (χ0n) is 2.30. The van der Waals surface area contributed by atoms with Gasteiger partial charge in [0, 0.05) is 95.6 Å². The minimum Gasteiger partial charge on any atom is 0 e. The molecule has 0 unspecified atom stereocenters.